The van der Waals surface area contributed by atoms with Gasteiger partial charge in [0.1, 0.15) is 0 Å². The maximum absolute atomic E-state index is 11.8. The van der Waals surface area contributed by atoms with Gasteiger partial charge < -0.3 is 10.4 Å². The fourth-order valence-corrected chi connectivity index (χ4v) is 2.37. The molecule has 0 aromatic rings. The zero-order chi connectivity index (χ0) is 12.8. The third-order valence-corrected chi connectivity index (χ3v) is 3.71. The summed E-state index contributed by atoms with van der Waals surface area (Å²) in [4.78, 5) is 13.9. The Balaban J connectivity index is 2.28. The molecule has 1 amide bonds. The topological polar surface area (TPSA) is 52.6 Å². The number of rotatable bonds is 6. The molecule has 0 saturated carbocycles. The first-order chi connectivity index (χ1) is 8.06. The summed E-state index contributed by atoms with van der Waals surface area (Å²) in [6.07, 6.45) is 2.70. The van der Waals surface area contributed by atoms with Gasteiger partial charge in [0.25, 0.3) is 0 Å². The molecule has 1 fully saturated rings. The molecule has 17 heavy (non-hydrogen) atoms. The highest BCUT2D eigenvalue weighted by Gasteiger charge is 2.27. The van der Waals surface area contributed by atoms with Crippen molar-refractivity contribution in [3.63, 3.8) is 0 Å². The molecule has 1 saturated heterocycles. The van der Waals surface area contributed by atoms with Gasteiger partial charge in [-0.1, -0.05) is 13.8 Å². The monoisotopic (exact) mass is 242 g/mol. The van der Waals surface area contributed by atoms with Crippen molar-refractivity contribution in [3.05, 3.63) is 0 Å². The minimum atomic E-state index is -0.262. The first kappa shape index (κ1) is 14.5. The van der Waals surface area contributed by atoms with E-state index in [2.05, 4.69) is 24.1 Å². The Bertz CT molecular complexity index is 240. The lowest BCUT2D eigenvalue weighted by Crippen LogP contribution is -2.41. The predicted molar refractivity (Wildman–Crippen MR) is 68.7 cm³/mol. The van der Waals surface area contributed by atoms with Gasteiger partial charge in [0.2, 0.25) is 5.91 Å². The van der Waals surface area contributed by atoms with Gasteiger partial charge in [-0.3, -0.25) is 9.69 Å². The first-order valence-corrected chi connectivity index (χ1v) is 6.76. The molecule has 0 aliphatic carbocycles. The van der Waals surface area contributed by atoms with Crippen LogP contribution in [0, 0.1) is 5.92 Å². The second-order valence-electron chi connectivity index (χ2n) is 5.11. The number of aliphatic hydroxyl groups excluding tert-OH is 1. The number of carbonyl (C=O) groups excluding carboxylic acids is 1. The number of likely N-dealkylation sites (tertiary alicyclic amines) is 1. The Morgan fingerprint density at radius 2 is 2.12 bits per heavy atom. The lowest BCUT2D eigenvalue weighted by Gasteiger charge is -2.19. The van der Waals surface area contributed by atoms with E-state index in [1.54, 1.807) is 0 Å². The average molecular weight is 242 g/mol. The maximum Gasteiger partial charge on any atom is 0.234 e. The maximum atomic E-state index is 11.8. The van der Waals surface area contributed by atoms with Crippen LogP contribution in [0.4, 0.5) is 0 Å². The van der Waals surface area contributed by atoms with Crippen molar-refractivity contribution in [3.8, 4) is 0 Å². The van der Waals surface area contributed by atoms with Gasteiger partial charge in [0.15, 0.2) is 0 Å². The number of hydrogen-bond acceptors (Lipinski definition) is 3. The van der Waals surface area contributed by atoms with Crippen LogP contribution >= 0.6 is 0 Å². The summed E-state index contributed by atoms with van der Waals surface area (Å²) in [5.74, 6) is 0.445. The van der Waals surface area contributed by atoms with Crippen molar-refractivity contribution >= 4 is 5.91 Å². The third-order valence-electron chi connectivity index (χ3n) is 3.71. The summed E-state index contributed by atoms with van der Waals surface area (Å²) in [5.41, 5.74) is 0. The Morgan fingerprint density at radius 1 is 1.47 bits per heavy atom. The van der Waals surface area contributed by atoms with E-state index in [0.717, 1.165) is 32.4 Å². The molecule has 0 aromatic heterocycles. The molecule has 2 unspecified atom stereocenters. The Morgan fingerprint density at radius 3 is 2.59 bits per heavy atom. The minimum Gasteiger partial charge on any atom is -0.393 e. The predicted octanol–water partition coefficient (Wildman–Crippen LogP) is 0.994. The summed E-state index contributed by atoms with van der Waals surface area (Å²) in [5, 5.41) is 12.5. The molecule has 1 aliphatic heterocycles. The van der Waals surface area contributed by atoms with Gasteiger partial charge in [-0.25, -0.2) is 0 Å². The van der Waals surface area contributed by atoms with Gasteiger partial charge in [-0.05, 0) is 38.6 Å². The zero-order valence-electron chi connectivity index (χ0n) is 11.3. The molecule has 1 aliphatic rings. The second kappa shape index (κ2) is 6.97. The van der Waals surface area contributed by atoms with Crippen molar-refractivity contribution in [1.82, 2.24) is 10.2 Å². The smallest absolute Gasteiger partial charge is 0.234 e. The summed E-state index contributed by atoms with van der Waals surface area (Å²) < 4.78 is 0. The van der Waals surface area contributed by atoms with Gasteiger partial charge >= 0.3 is 0 Å². The van der Waals surface area contributed by atoms with E-state index < -0.39 is 0 Å². The van der Waals surface area contributed by atoms with Crippen LogP contribution in [0.2, 0.25) is 0 Å². The van der Waals surface area contributed by atoms with Crippen molar-refractivity contribution in [2.24, 2.45) is 5.92 Å². The largest absolute Gasteiger partial charge is 0.393 e. The second-order valence-corrected chi connectivity index (χ2v) is 5.11. The summed E-state index contributed by atoms with van der Waals surface area (Å²) >= 11 is 0. The zero-order valence-corrected chi connectivity index (χ0v) is 11.3. The molecular formula is C13H26N2O2. The van der Waals surface area contributed by atoms with Gasteiger partial charge in [-0.15, -0.1) is 0 Å². The molecule has 2 atom stereocenters. The van der Waals surface area contributed by atoms with E-state index >= 15 is 0 Å². The standard InChI is InChI=1S/C13H26N2O2/c1-4-12(5-2)14-13(17)9-15-7-6-11(8-15)10(3)16/h10-12,16H,4-9H2,1-3H3,(H,14,17). The summed E-state index contributed by atoms with van der Waals surface area (Å²) in [6.45, 7) is 8.25. The number of hydrogen-bond donors (Lipinski definition) is 2. The average Bonchev–Trinajstić information content (AvgIpc) is 2.74. The molecule has 0 aromatic carbocycles. The normalized spacial score (nSPS) is 23.0. The number of nitrogens with zero attached hydrogens (tertiary/aromatic N) is 1. The quantitative estimate of drug-likeness (QED) is 0.730. The molecule has 1 rings (SSSR count). The van der Waals surface area contributed by atoms with Crippen LogP contribution in [0.25, 0.3) is 0 Å². The van der Waals surface area contributed by atoms with Gasteiger partial charge in [0.05, 0.1) is 12.6 Å². The first-order valence-electron chi connectivity index (χ1n) is 6.76. The van der Waals surface area contributed by atoms with Crippen LogP contribution in [0.5, 0.6) is 0 Å². The van der Waals surface area contributed by atoms with Crippen LogP contribution in [0.3, 0.4) is 0 Å². The Hall–Kier alpha value is -0.610. The van der Waals surface area contributed by atoms with E-state index in [1.165, 1.54) is 0 Å². The highest BCUT2D eigenvalue weighted by Crippen LogP contribution is 2.18. The van der Waals surface area contributed by atoms with Crippen LogP contribution < -0.4 is 5.32 Å². The van der Waals surface area contributed by atoms with E-state index in [-0.39, 0.29) is 12.0 Å². The SMILES string of the molecule is CCC(CC)NC(=O)CN1CCC(C(C)O)C1. The summed E-state index contributed by atoms with van der Waals surface area (Å²) in [6, 6.07) is 0.303. The highest BCUT2D eigenvalue weighted by molar-refractivity contribution is 5.78. The van der Waals surface area contributed by atoms with E-state index in [1.807, 2.05) is 6.92 Å². The van der Waals surface area contributed by atoms with Crippen molar-refractivity contribution in [2.45, 2.75) is 52.2 Å². The number of carbonyl (C=O) groups is 1. The molecule has 1 heterocycles. The Labute approximate surface area is 104 Å². The molecule has 2 N–H and O–H groups in total. The van der Waals surface area contributed by atoms with Crippen LogP contribution in [0.15, 0.2) is 0 Å². The Kier molecular flexibility index (Phi) is 5.92. The van der Waals surface area contributed by atoms with Crippen LogP contribution in [0.1, 0.15) is 40.0 Å². The third kappa shape index (κ3) is 4.64. The molecule has 4 heteroatoms. The van der Waals surface area contributed by atoms with Crippen molar-refractivity contribution in [2.75, 3.05) is 19.6 Å². The van der Waals surface area contributed by atoms with Crippen LogP contribution in [-0.4, -0.2) is 47.7 Å². The summed E-state index contributed by atoms with van der Waals surface area (Å²) in [7, 11) is 0. The molecule has 0 spiro atoms. The molecular weight excluding hydrogens is 216 g/mol. The highest BCUT2D eigenvalue weighted by atomic mass is 16.3. The molecule has 0 bridgehead atoms. The van der Waals surface area contributed by atoms with Crippen LogP contribution in [-0.2, 0) is 4.79 Å². The van der Waals surface area contributed by atoms with Crippen molar-refractivity contribution < 1.29 is 9.90 Å². The number of amides is 1. The number of nitrogens with one attached hydrogen (secondary N) is 1. The fourth-order valence-electron chi connectivity index (χ4n) is 2.37. The molecule has 4 nitrogen and oxygen atoms in total. The number of aliphatic hydroxyl groups is 1. The lowest BCUT2D eigenvalue weighted by molar-refractivity contribution is -0.122. The van der Waals surface area contributed by atoms with Gasteiger partial charge in [-0.2, -0.15) is 0 Å². The van der Waals surface area contributed by atoms with E-state index in [9.17, 15) is 9.90 Å². The molecule has 0 radical (unpaired) electrons. The minimum absolute atomic E-state index is 0.116. The fraction of sp³-hybridized carbons (Fsp3) is 0.923. The molecule has 100 valence electrons. The van der Waals surface area contributed by atoms with Crippen molar-refractivity contribution in [1.29, 1.82) is 0 Å². The van der Waals surface area contributed by atoms with Gasteiger partial charge in [0, 0.05) is 12.6 Å². The lowest BCUT2D eigenvalue weighted by atomic mass is 10.0. The van der Waals surface area contributed by atoms with E-state index in [0.29, 0.717) is 18.5 Å². The van der Waals surface area contributed by atoms with E-state index in [4.69, 9.17) is 0 Å².